The third kappa shape index (κ3) is 4.53. The van der Waals surface area contributed by atoms with Crippen molar-refractivity contribution < 1.29 is 14.0 Å². The molecule has 33 heavy (non-hydrogen) atoms. The molecule has 0 spiro atoms. The highest BCUT2D eigenvalue weighted by atomic mass is 19.1. The number of carbonyl (C=O) groups is 2. The van der Waals surface area contributed by atoms with E-state index in [-0.39, 0.29) is 24.2 Å². The Morgan fingerprint density at radius 1 is 1.24 bits per heavy atom. The molecule has 0 unspecified atom stereocenters. The van der Waals surface area contributed by atoms with Crippen LogP contribution in [0.3, 0.4) is 0 Å². The number of likely N-dealkylation sites (tertiary alicyclic amines) is 1. The van der Waals surface area contributed by atoms with E-state index in [1.54, 1.807) is 20.7 Å². The van der Waals surface area contributed by atoms with Crippen LogP contribution in [-0.4, -0.2) is 64.7 Å². The minimum Gasteiger partial charge on any atom is -0.323 e. The van der Waals surface area contributed by atoms with Crippen molar-refractivity contribution in [3.63, 3.8) is 0 Å². The van der Waals surface area contributed by atoms with Gasteiger partial charge in [0.15, 0.2) is 0 Å². The second-order valence-corrected chi connectivity index (χ2v) is 8.51. The number of aromatic nitrogens is 2. The lowest BCUT2D eigenvalue weighted by atomic mass is 10.1. The lowest BCUT2D eigenvalue weighted by Gasteiger charge is -2.29. The maximum atomic E-state index is 14.9. The molecule has 1 aliphatic heterocycles. The average Bonchev–Trinajstić information content (AvgIpc) is 3.45. The number of benzene rings is 2. The molecule has 174 valence electrons. The Balaban J connectivity index is 1.69. The van der Waals surface area contributed by atoms with Crippen molar-refractivity contribution in [2.45, 2.75) is 19.0 Å². The number of aryl methyl sites for hydroxylation is 1. The number of hydrogen-bond acceptors (Lipinski definition) is 5. The first-order chi connectivity index (χ1) is 15.8. The van der Waals surface area contributed by atoms with E-state index in [0.717, 1.165) is 23.4 Å². The number of nitrogens with two attached hydrogens (primary N) is 1. The molecule has 3 N–H and O–H groups in total. The molecule has 9 nitrogen and oxygen atoms in total. The summed E-state index contributed by atoms with van der Waals surface area (Å²) < 4.78 is 16.6. The molecule has 10 heteroatoms. The number of fused-ring (bicyclic) bond motifs is 1. The Labute approximate surface area is 191 Å². The second kappa shape index (κ2) is 9.16. The first kappa shape index (κ1) is 22.7. The Bertz CT molecular complexity index is 1190. The Kier molecular flexibility index (Phi) is 6.30. The van der Waals surface area contributed by atoms with E-state index >= 15 is 0 Å². The van der Waals surface area contributed by atoms with E-state index in [2.05, 4.69) is 10.00 Å². The van der Waals surface area contributed by atoms with Crippen LogP contribution in [0.1, 0.15) is 22.3 Å². The Morgan fingerprint density at radius 3 is 2.70 bits per heavy atom. The van der Waals surface area contributed by atoms with E-state index in [4.69, 9.17) is 5.84 Å². The summed E-state index contributed by atoms with van der Waals surface area (Å²) in [5.41, 5.74) is 3.92. The van der Waals surface area contributed by atoms with Crippen LogP contribution in [0.15, 0.2) is 42.6 Å². The zero-order valence-electron chi connectivity index (χ0n) is 19.0. The van der Waals surface area contributed by atoms with Crippen LogP contribution in [0.4, 0.5) is 14.9 Å². The van der Waals surface area contributed by atoms with Crippen LogP contribution in [0.2, 0.25) is 0 Å². The van der Waals surface area contributed by atoms with Crippen molar-refractivity contribution >= 4 is 28.5 Å². The predicted octanol–water partition coefficient (Wildman–Crippen LogP) is 2.08. The van der Waals surface area contributed by atoms with E-state index in [0.29, 0.717) is 24.3 Å². The summed E-state index contributed by atoms with van der Waals surface area (Å²) in [6.45, 7) is 1.25. The van der Waals surface area contributed by atoms with Crippen molar-refractivity contribution in [1.29, 1.82) is 0 Å². The van der Waals surface area contributed by atoms with Gasteiger partial charge in [-0.2, -0.15) is 5.10 Å². The number of rotatable bonds is 5. The molecule has 1 saturated heterocycles. The molecule has 0 saturated carbocycles. The summed E-state index contributed by atoms with van der Waals surface area (Å²) in [5.74, 6) is 3.99. The van der Waals surface area contributed by atoms with Gasteiger partial charge in [0.05, 0.1) is 18.3 Å². The molecule has 2 aromatic carbocycles. The molecule has 2 heterocycles. The van der Waals surface area contributed by atoms with Crippen LogP contribution in [0, 0.1) is 5.82 Å². The van der Waals surface area contributed by atoms with E-state index in [9.17, 15) is 14.0 Å². The maximum absolute atomic E-state index is 14.9. The molecule has 0 bridgehead atoms. The van der Waals surface area contributed by atoms with E-state index in [1.165, 1.54) is 12.1 Å². The Hall–Kier alpha value is -3.50. The number of carbonyl (C=O) groups excluding carboxylic acids is 2. The molecule has 1 fully saturated rings. The lowest BCUT2D eigenvalue weighted by molar-refractivity contribution is 0.0953. The molecule has 1 aliphatic rings. The Morgan fingerprint density at radius 2 is 2.03 bits per heavy atom. The van der Waals surface area contributed by atoms with Crippen LogP contribution < -0.4 is 16.2 Å². The molecule has 4 rings (SSSR count). The van der Waals surface area contributed by atoms with Crippen molar-refractivity contribution in [2.24, 2.45) is 12.9 Å². The fourth-order valence-electron chi connectivity index (χ4n) is 4.15. The molecule has 3 amide bonds. The molecule has 1 atom stereocenters. The summed E-state index contributed by atoms with van der Waals surface area (Å²) in [6.07, 6.45) is 2.64. The molecule has 3 aromatic rings. The van der Waals surface area contributed by atoms with Crippen molar-refractivity contribution in [2.75, 3.05) is 32.1 Å². The highest BCUT2D eigenvalue weighted by molar-refractivity contribution is 5.95. The number of anilines is 1. The predicted molar refractivity (Wildman–Crippen MR) is 124 cm³/mol. The molecular formula is C23H28FN7O2. The molecule has 0 radical (unpaired) electrons. The number of nitrogen functional groups attached to an aromatic ring is 1. The number of nitrogens with zero attached hydrogens (tertiary/aromatic N) is 5. The van der Waals surface area contributed by atoms with E-state index < -0.39 is 11.7 Å². The highest BCUT2D eigenvalue weighted by Crippen LogP contribution is 2.27. The quantitative estimate of drug-likeness (QED) is 0.350. The smallest absolute Gasteiger partial charge is 0.323 e. The van der Waals surface area contributed by atoms with Gasteiger partial charge < -0.3 is 9.80 Å². The van der Waals surface area contributed by atoms with Crippen molar-refractivity contribution in [1.82, 2.24) is 25.0 Å². The first-order valence-electron chi connectivity index (χ1n) is 10.7. The van der Waals surface area contributed by atoms with Gasteiger partial charge in [-0.25, -0.2) is 15.0 Å². The van der Waals surface area contributed by atoms with Gasteiger partial charge in [-0.3, -0.25) is 19.8 Å². The molecule has 1 aromatic heterocycles. The van der Waals surface area contributed by atoms with E-state index in [1.807, 2.05) is 44.8 Å². The van der Waals surface area contributed by atoms with Gasteiger partial charge >= 0.3 is 6.03 Å². The third-order valence-corrected chi connectivity index (χ3v) is 6.21. The largest absolute Gasteiger partial charge is 0.324 e. The fourth-order valence-corrected chi connectivity index (χ4v) is 4.15. The van der Waals surface area contributed by atoms with Gasteiger partial charge in [0.1, 0.15) is 5.82 Å². The molecular weight excluding hydrogens is 425 g/mol. The van der Waals surface area contributed by atoms with Gasteiger partial charge in [-0.1, -0.05) is 6.07 Å². The summed E-state index contributed by atoms with van der Waals surface area (Å²) in [5, 5.41) is 5.22. The van der Waals surface area contributed by atoms with Gasteiger partial charge in [-0.15, -0.1) is 0 Å². The normalized spacial score (nSPS) is 15.9. The number of likely N-dealkylation sites (N-methyl/N-ethyl adjacent to an activating group) is 1. The van der Waals surface area contributed by atoms with Crippen LogP contribution in [-0.2, 0) is 13.6 Å². The average molecular weight is 454 g/mol. The number of hydrazine groups is 1. The maximum Gasteiger partial charge on any atom is 0.324 e. The standard InChI is InChI=1S/C23H28FN7O2/c1-28(2)19-8-9-30(14-19)23(33)31(18-7-6-16-12-26-29(3)21(16)11-18)13-17-5-4-15(10-20(17)24)22(32)27-25/h4-7,10-12,19H,8-9,13-14,25H2,1-3H3,(H,27,32)/t19-/m1/s1. The van der Waals surface area contributed by atoms with Crippen molar-refractivity contribution in [3.05, 3.63) is 59.5 Å². The van der Waals surface area contributed by atoms with Crippen LogP contribution in [0.5, 0.6) is 0 Å². The minimum absolute atomic E-state index is 0.0156. The first-order valence-corrected chi connectivity index (χ1v) is 10.7. The summed E-state index contributed by atoms with van der Waals surface area (Å²) in [4.78, 5) is 30.8. The highest BCUT2D eigenvalue weighted by Gasteiger charge is 2.31. The minimum atomic E-state index is -0.582. The summed E-state index contributed by atoms with van der Waals surface area (Å²) >= 11 is 0. The lowest BCUT2D eigenvalue weighted by Crippen LogP contribution is -2.43. The monoisotopic (exact) mass is 453 g/mol. The third-order valence-electron chi connectivity index (χ3n) is 6.21. The second-order valence-electron chi connectivity index (χ2n) is 8.51. The van der Waals surface area contributed by atoms with Gasteiger partial charge in [0, 0.05) is 48.4 Å². The number of urea groups is 1. The SMILES string of the molecule is CN(C)[C@@H]1CCN(C(=O)N(Cc2ccc(C(=O)NN)cc2F)c2ccc3cnn(C)c3c2)C1. The zero-order valence-corrected chi connectivity index (χ0v) is 19.0. The number of hydrogen-bond donors (Lipinski definition) is 2. The topological polar surface area (TPSA) is 99.7 Å². The summed E-state index contributed by atoms with van der Waals surface area (Å²) in [7, 11) is 5.84. The van der Waals surface area contributed by atoms with Crippen LogP contribution >= 0.6 is 0 Å². The number of amides is 3. The van der Waals surface area contributed by atoms with Gasteiger partial charge in [0.25, 0.3) is 5.91 Å². The summed E-state index contributed by atoms with van der Waals surface area (Å²) in [6, 6.07) is 9.84. The van der Waals surface area contributed by atoms with Crippen molar-refractivity contribution in [3.8, 4) is 0 Å². The van der Waals surface area contributed by atoms with Gasteiger partial charge in [-0.05, 0) is 50.8 Å². The fraction of sp³-hybridized carbons (Fsp3) is 0.348. The molecule has 0 aliphatic carbocycles. The van der Waals surface area contributed by atoms with Gasteiger partial charge in [0.2, 0.25) is 0 Å². The number of nitrogens with one attached hydrogen (secondary N) is 1. The number of halogens is 1. The van der Waals surface area contributed by atoms with Crippen LogP contribution in [0.25, 0.3) is 10.9 Å². The zero-order chi connectivity index (χ0) is 23.7.